The van der Waals surface area contributed by atoms with Gasteiger partial charge in [0.15, 0.2) is 11.7 Å². The lowest BCUT2D eigenvalue weighted by Gasteiger charge is -2.20. The van der Waals surface area contributed by atoms with Gasteiger partial charge in [-0.05, 0) is 13.3 Å². The monoisotopic (exact) mass is 464 g/mol. The Labute approximate surface area is 154 Å². The summed E-state index contributed by atoms with van der Waals surface area (Å²) >= 11 is 1.000. The molecule has 1 saturated heterocycles. The number of hydrogen-bond donors (Lipinski definition) is 2. The number of aliphatic hydroxyl groups is 1. The van der Waals surface area contributed by atoms with Crippen LogP contribution in [0.4, 0.5) is 13.2 Å². The van der Waals surface area contributed by atoms with Gasteiger partial charge < -0.3 is 15.3 Å². The molecule has 0 amide bonds. The molecule has 0 bridgehead atoms. The van der Waals surface area contributed by atoms with Crippen molar-refractivity contribution in [1.82, 2.24) is 15.2 Å². The van der Waals surface area contributed by atoms with E-state index in [1.165, 1.54) is 0 Å². The molecular formula is C13H20F3IN4OS. The molecule has 2 heterocycles. The summed E-state index contributed by atoms with van der Waals surface area (Å²) in [4.78, 5) is 9.94. The first kappa shape index (κ1) is 20.4. The first-order chi connectivity index (χ1) is 10.4. The zero-order chi connectivity index (χ0) is 16.2. The highest BCUT2D eigenvalue weighted by molar-refractivity contribution is 14.0. The lowest BCUT2D eigenvalue weighted by atomic mass is 10.3. The van der Waals surface area contributed by atoms with Gasteiger partial charge in [-0.25, -0.2) is 4.98 Å². The van der Waals surface area contributed by atoms with Gasteiger partial charge in [0, 0.05) is 38.0 Å². The number of hydrogen-bond acceptors (Lipinski definition) is 4. The van der Waals surface area contributed by atoms with Crippen molar-refractivity contribution in [2.75, 3.05) is 26.2 Å². The first-order valence-electron chi connectivity index (χ1n) is 7.13. The average Bonchev–Trinajstić information content (AvgIpc) is 3.06. The van der Waals surface area contributed by atoms with Crippen LogP contribution in [0.15, 0.2) is 10.4 Å². The smallest absolute Gasteiger partial charge is 0.391 e. The van der Waals surface area contributed by atoms with E-state index >= 15 is 0 Å². The molecule has 0 unspecified atom stereocenters. The second-order valence-corrected chi connectivity index (χ2v) is 5.94. The van der Waals surface area contributed by atoms with Gasteiger partial charge in [0.2, 0.25) is 0 Å². The van der Waals surface area contributed by atoms with E-state index in [0.29, 0.717) is 43.4 Å². The third kappa shape index (κ3) is 6.07. The Morgan fingerprint density at radius 1 is 1.57 bits per heavy atom. The van der Waals surface area contributed by atoms with E-state index in [-0.39, 0.29) is 30.1 Å². The van der Waals surface area contributed by atoms with Crippen LogP contribution in [0.3, 0.4) is 0 Å². The van der Waals surface area contributed by atoms with Gasteiger partial charge in [0.05, 0.1) is 11.1 Å². The quantitative estimate of drug-likeness (QED) is 0.408. The molecule has 1 aromatic rings. The number of nitrogens with zero attached hydrogens (tertiary/aromatic N) is 3. The van der Waals surface area contributed by atoms with Crippen LogP contribution in [0.5, 0.6) is 0 Å². The predicted molar refractivity (Wildman–Crippen MR) is 94.4 cm³/mol. The zero-order valence-electron chi connectivity index (χ0n) is 12.6. The van der Waals surface area contributed by atoms with E-state index in [2.05, 4.69) is 15.3 Å². The number of halogens is 4. The molecule has 1 atom stereocenters. The second kappa shape index (κ2) is 9.02. The summed E-state index contributed by atoms with van der Waals surface area (Å²) in [5, 5.41) is 14.1. The number of aromatic nitrogens is 1. The first-order valence-corrected chi connectivity index (χ1v) is 8.01. The summed E-state index contributed by atoms with van der Waals surface area (Å²) in [6.07, 6.45) is -3.67. The van der Waals surface area contributed by atoms with Gasteiger partial charge in [-0.2, -0.15) is 13.2 Å². The molecule has 5 nitrogen and oxygen atoms in total. The number of alkyl halides is 3. The number of thiazole rings is 1. The van der Waals surface area contributed by atoms with Gasteiger partial charge in [-0.1, -0.05) is 0 Å². The van der Waals surface area contributed by atoms with Crippen LogP contribution >= 0.6 is 35.3 Å². The molecule has 1 aliphatic heterocycles. The normalized spacial score (nSPS) is 18.9. The van der Waals surface area contributed by atoms with Gasteiger partial charge in [-0.15, -0.1) is 35.3 Å². The van der Waals surface area contributed by atoms with E-state index < -0.39 is 11.9 Å². The number of rotatable bonds is 4. The van der Waals surface area contributed by atoms with Crippen molar-refractivity contribution in [2.24, 2.45) is 4.99 Å². The van der Waals surface area contributed by atoms with Crippen LogP contribution in [0, 0.1) is 0 Å². The van der Waals surface area contributed by atoms with E-state index in [4.69, 9.17) is 0 Å². The van der Waals surface area contributed by atoms with E-state index in [0.717, 1.165) is 23.3 Å². The second-order valence-electron chi connectivity index (χ2n) is 5.00. The van der Waals surface area contributed by atoms with E-state index in [1.54, 1.807) is 0 Å². The molecular weight excluding hydrogens is 444 g/mol. The van der Waals surface area contributed by atoms with Gasteiger partial charge in [0.25, 0.3) is 0 Å². The molecule has 1 fully saturated rings. The summed E-state index contributed by atoms with van der Waals surface area (Å²) in [5.74, 6) is 0.687. The molecule has 0 aromatic carbocycles. The third-order valence-corrected chi connectivity index (χ3v) is 4.14. The maximum absolute atomic E-state index is 12.5. The largest absolute Gasteiger partial charge is 0.434 e. The molecule has 1 aliphatic rings. The highest BCUT2D eigenvalue weighted by atomic mass is 127. The maximum Gasteiger partial charge on any atom is 0.434 e. The van der Waals surface area contributed by atoms with E-state index in [9.17, 15) is 18.3 Å². The van der Waals surface area contributed by atoms with E-state index in [1.807, 2.05) is 11.8 Å². The van der Waals surface area contributed by atoms with Crippen LogP contribution in [-0.4, -0.2) is 53.2 Å². The average molecular weight is 464 g/mol. The summed E-state index contributed by atoms with van der Waals surface area (Å²) in [7, 11) is 0. The number of aliphatic imine (C=N–C) groups is 1. The molecule has 132 valence electrons. The summed E-state index contributed by atoms with van der Waals surface area (Å²) < 4.78 is 37.4. The Kier molecular flexibility index (Phi) is 8.01. The third-order valence-electron chi connectivity index (χ3n) is 3.23. The Morgan fingerprint density at radius 3 is 2.83 bits per heavy atom. The minimum atomic E-state index is -4.39. The number of nitrogens with one attached hydrogen (secondary N) is 1. The number of likely N-dealkylation sites (tertiary alicyclic amines) is 1. The van der Waals surface area contributed by atoms with Crippen molar-refractivity contribution in [2.45, 2.75) is 32.0 Å². The maximum atomic E-state index is 12.5. The molecule has 2 rings (SSSR count). The Morgan fingerprint density at radius 2 is 2.30 bits per heavy atom. The van der Waals surface area contributed by atoms with Crippen molar-refractivity contribution in [3.63, 3.8) is 0 Å². The van der Waals surface area contributed by atoms with Crippen LogP contribution in [0.25, 0.3) is 0 Å². The number of β-amino-alcohol motifs (C(OH)–C–C–N with tert-alkyl or cyclic N) is 1. The predicted octanol–water partition coefficient (Wildman–Crippen LogP) is 2.35. The number of aliphatic hydroxyl groups excluding tert-OH is 1. The van der Waals surface area contributed by atoms with Crippen LogP contribution in [0.1, 0.15) is 24.0 Å². The molecule has 1 aromatic heterocycles. The molecule has 0 aliphatic carbocycles. The fourth-order valence-electron chi connectivity index (χ4n) is 2.17. The zero-order valence-corrected chi connectivity index (χ0v) is 15.8. The van der Waals surface area contributed by atoms with Crippen molar-refractivity contribution < 1.29 is 18.3 Å². The van der Waals surface area contributed by atoms with Crippen molar-refractivity contribution in [3.05, 3.63) is 16.1 Å². The standard InChI is InChI=1S/C13H19F3N4OS.HI/c1-2-17-12(20-6-4-9(21)7-20)18-5-3-11-19-10(8-22-11)13(14,15)16;/h8-9,21H,2-7H2,1H3,(H,17,18);1H/t9-;/m1./s1. The van der Waals surface area contributed by atoms with Gasteiger partial charge in [0.1, 0.15) is 0 Å². The van der Waals surface area contributed by atoms with Crippen LogP contribution in [-0.2, 0) is 12.6 Å². The lowest BCUT2D eigenvalue weighted by molar-refractivity contribution is -0.140. The Balaban J connectivity index is 0.00000264. The van der Waals surface area contributed by atoms with Crippen molar-refractivity contribution >= 4 is 41.3 Å². The summed E-state index contributed by atoms with van der Waals surface area (Å²) in [5.41, 5.74) is -0.842. The van der Waals surface area contributed by atoms with Gasteiger partial charge in [-0.3, -0.25) is 4.99 Å². The highest BCUT2D eigenvalue weighted by Gasteiger charge is 2.33. The molecule has 10 heteroatoms. The lowest BCUT2D eigenvalue weighted by Crippen LogP contribution is -2.40. The fraction of sp³-hybridized carbons (Fsp3) is 0.692. The minimum Gasteiger partial charge on any atom is -0.391 e. The topological polar surface area (TPSA) is 60.8 Å². The summed E-state index contributed by atoms with van der Waals surface area (Å²) in [6, 6.07) is 0. The fourth-order valence-corrected chi connectivity index (χ4v) is 2.97. The molecule has 0 spiro atoms. The number of guanidine groups is 1. The molecule has 0 saturated carbocycles. The van der Waals surface area contributed by atoms with Crippen LogP contribution < -0.4 is 5.32 Å². The van der Waals surface area contributed by atoms with Crippen molar-refractivity contribution in [3.8, 4) is 0 Å². The molecule has 2 N–H and O–H groups in total. The Hall–Kier alpha value is -0.620. The Bertz CT molecular complexity index is 524. The minimum absolute atomic E-state index is 0. The van der Waals surface area contributed by atoms with Gasteiger partial charge >= 0.3 is 6.18 Å². The SMILES string of the molecule is CCNC(=NCCc1nc(C(F)(F)F)cs1)N1CC[C@@H](O)C1.I. The molecule has 23 heavy (non-hydrogen) atoms. The highest BCUT2D eigenvalue weighted by Crippen LogP contribution is 2.30. The van der Waals surface area contributed by atoms with Crippen molar-refractivity contribution in [1.29, 1.82) is 0 Å². The summed E-state index contributed by atoms with van der Waals surface area (Å²) in [6.45, 7) is 4.25. The molecule has 0 radical (unpaired) electrons. The van der Waals surface area contributed by atoms with Crippen LogP contribution in [0.2, 0.25) is 0 Å².